The maximum absolute atomic E-state index is 12.7. The fourth-order valence-corrected chi connectivity index (χ4v) is 3.30. The second-order valence-electron chi connectivity index (χ2n) is 7.55. The van der Waals surface area contributed by atoms with E-state index in [1.54, 1.807) is 6.07 Å². The van der Waals surface area contributed by atoms with Crippen LogP contribution in [0.2, 0.25) is 0 Å². The average molecular weight is 486 g/mol. The summed E-state index contributed by atoms with van der Waals surface area (Å²) in [4.78, 5) is 15.9. The first-order chi connectivity index (χ1) is 16.9. The second-order valence-corrected chi connectivity index (χ2v) is 7.55. The Balaban J connectivity index is 1.22. The van der Waals surface area contributed by atoms with Gasteiger partial charge in [0.1, 0.15) is 0 Å². The lowest BCUT2D eigenvalue weighted by atomic mass is 9.99. The Morgan fingerprint density at radius 2 is 1.74 bits per heavy atom. The van der Waals surface area contributed by atoms with Gasteiger partial charge in [-0.05, 0) is 41.6 Å². The normalized spacial score (nSPS) is 11.4. The minimum Gasteiger partial charge on any atom is -0.475 e. The standard InChI is InChI=1S/C24H21F3N4O4/c25-24(26,27)23-29-21(31-35-23)19-15-20(30-34-19)33-14-6-13-28-22(32)18-10-5-4-9-17(18)12-11-16-7-2-1-3-8-16/h1-5,7-10,15H,6,11-14H2,(H,28,32). The molecule has 4 aromatic rings. The molecule has 0 aliphatic heterocycles. The number of halogens is 3. The topological polar surface area (TPSA) is 103 Å². The van der Waals surface area contributed by atoms with E-state index in [0.717, 1.165) is 18.4 Å². The summed E-state index contributed by atoms with van der Waals surface area (Å²) in [5, 5.41) is 9.70. The van der Waals surface area contributed by atoms with Crippen LogP contribution in [0.15, 0.2) is 69.7 Å². The number of nitrogens with one attached hydrogen (secondary N) is 1. The molecule has 1 N–H and O–H groups in total. The van der Waals surface area contributed by atoms with Gasteiger partial charge in [-0.15, -0.1) is 0 Å². The molecule has 0 bridgehead atoms. The molecule has 0 saturated heterocycles. The van der Waals surface area contributed by atoms with Crippen LogP contribution in [0.4, 0.5) is 13.2 Å². The number of nitrogens with zero attached hydrogens (tertiary/aromatic N) is 3. The van der Waals surface area contributed by atoms with Crippen molar-refractivity contribution in [3.8, 4) is 17.5 Å². The van der Waals surface area contributed by atoms with Crippen LogP contribution in [0, 0.1) is 0 Å². The lowest BCUT2D eigenvalue weighted by molar-refractivity contribution is -0.159. The molecule has 2 aromatic heterocycles. The minimum absolute atomic E-state index is 0.0518. The zero-order valence-electron chi connectivity index (χ0n) is 18.4. The van der Waals surface area contributed by atoms with Crippen LogP contribution in [-0.2, 0) is 19.0 Å². The molecule has 0 fully saturated rings. The van der Waals surface area contributed by atoms with Crippen molar-refractivity contribution >= 4 is 5.91 Å². The zero-order chi connectivity index (χ0) is 24.7. The Labute approximate surface area is 198 Å². The third-order valence-electron chi connectivity index (χ3n) is 5.02. The van der Waals surface area contributed by atoms with Crippen LogP contribution in [-0.4, -0.2) is 34.4 Å². The van der Waals surface area contributed by atoms with Crippen molar-refractivity contribution in [1.29, 1.82) is 0 Å². The largest absolute Gasteiger partial charge is 0.475 e. The van der Waals surface area contributed by atoms with E-state index in [1.165, 1.54) is 11.6 Å². The van der Waals surface area contributed by atoms with Gasteiger partial charge in [-0.1, -0.05) is 53.7 Å². The van der Waals surface area contributed by atoms with Crippen molar-refractivity contribution in [2.45, 2.75) is 25.4 Å². The molecule has 0 unspecified atom stereocenters. The van der Waals surface area contributed by atoms with Crippen LogP contribution >= 0.6 is 0 Å². The molecule has 11 heteroatoms. The zero-order valence-corrected chi connectivity index (χ0v) is 18.4. The van der Waals surface area contributed by atoms with Gasteiger partial charge in [-0.3, -0.25) is 4.79 Å². The summed E-state index contributed by atoms with van der Waals surface area (Å²) in [6.07, 6.45) is -2.70. The molecule has 0 aliphatic rings. The number of carbonyl (C=O) groups excluding carboxylic acids is 1. The third-order valence-corrected chi connectivity index (χ3v) is 5.02. The fraction of sp³-hybridized carbons (Fsp3) is 0.250. The molecule has 0 saturated carbocycles. The summed E-state index contributed by atoms with van der Waals surface area (Å²) in [7, 11) is 0. The highest BCUT2D eigenvalue weighted by atomic mass is 19.4. The Morgan fingerprint density at radius 1 is 0.971 bits per heavy atom. The Bertz CT molecular complexity index is 1250. The second kappa shape index (κ2) is 10.9. The summed E-state index contributed by atoms with van der Waals surface area (Å²) in [6, 6.07) is 18.8. The van der Waals surface area contributed by atoms with Crippen LogP contribution in [0.25, 0.3) is 11.6 Å². The molecule has 0 spiro atoms. The number of alkyl halides is 3. The van der Waals surface area contributed by atoms with Gasteiger partial charge in [0, 0.05) is 12.1 Å². The lowest BCUT2D eigenvalue weighted by Crippen LogP contribution is -2.26. The van der Waals surface area contributed by atoms with Crippen molar-refractivity contribution in [3.05, 3.63) is 83.2 Å². The van der Waals surface area contributed by atoms with Crippen LogP contribution in [0.3, 0.4) is 0 Å². The summed E-state index contributed by atoms with van der Waals surface area (Å²) in [6.45, 7) is 0.554. The minimum atomic E-state index is -4.75. The number of benzene rings is 2. The molecule has 0 aliphatic carbocycles. The lowest BCUT2D eigenvalue weighted by Gasteiger charge is -2.10. The van der Waals surface area contributed by atoms with Crippen molar-refractivity contribution in [1.82, 2.24) is 20.6 Å². The number of aryl methyl sites for hydroxylation is 2. The third kappa shape index (κ3) is 6.46. The fourth-order valence-electron chi connectivity index (χ4n) is 3.30. The average Bonchev–Trinajstić information content (AvgIpc) is 3.53. The van der Waals surface area contributed by atoms with Crippen LogP contribution in [0.5, 0.6) is 5.88 Å². The highest BCUT2D eigenvalue weighted by Gasteiger charge is 2.39. The molecule has 2 heterocycles. The summed E-state index contributed by atoms with van der Waals surface area (Å²) >= 11 is 0. The number of ether oxygens (including phenoxy) is 1. The van der Waals surface area contributed by atoms with Gasteiger partial charge in [0.05, 0.1) is 12.7 Å². The van der Waals surface area contributed by atoms with Crippen molar-refractivity contribution in [2.24, 2.45) is 0 Å². The highest BCUT2D eigenvalue weighted by Crippen LogP contribution is 2.30. The number of rotatable bonds is 10. The van der Waals surface area contributed by atoms with E-state index in [1.807, 2.05) is 36.4 Å². The van der Waals surface area contributed by atoms with Crippen LogP contribution < -0.4 is 10.1 Å². The first-order valence-electron chi connectivity index (χ1n) is 10.8. The van der Waals surface area contributed by atoms with Gasteiger partial charge in [-0.2, -0.15) is 18.2 Å². The van der Waals surface area contributed by atoms with Gasteiger partial charge < -0.3 is 19.1 Å². The van der Waals surface area contributed by atoms with Gasteiger partial charge in [0.15, 0.2) is 0 Å². The number of amides is 1. The molecular weight excluding hydrogens is 465 g/mol. The number of carbonyl (C=O) groups is 1. The van der Waals surface area contributed by atoms with Gasteiger partial charge >= 0.3 is 12.1 Å². The van der Waals surface area contributed by atoms with E-state index in [0.29, 0.717) is 18.5 Å². The van der Waals surface area contributed by atoms with E-state index in [2.05, 4.69) is 37.3 Å². The van der Waals surface area contributed by atoms with Crippen molar-refractivity contribution in [3.63, 3.8) is 0 Å². The maximum Gasteiger partial charge on any atom is 0.471 e. The SMILES string of the molecule is O=C(NCCCOc1cc(-c2noc(C(F)(F)F)n2)on1)c1ccccc1CCc1ccccc1. The van der Waals surface area contributed by atoms with Gasteiger partial charge in [-0.25, -0.2) is 0 Å². The van der Waals surface area contributed by atoms with E-state index < -0.39 is 17.9 Å². The molecular formula is C24H21F3N4O4. The molecule has 0 radical (unpaired) electrons. The number of aromatic nitrogens is 3. The van der Waals surface area contributed by atoms with E-state index in [-0.39, 0.29) is 24.2 Å². The molecule has 8 nitrogen and oxygen atoms in total. The Kier molecular flexibility index (Phi) is 7.44. The smallest absolute Gasteiger partial charge is 0.471 e. The van der Waals surface area contributed by atoms with E-state index in [4.69, 9.17) is 9.26 Å². The van der Waals surface area contributed by atoms with Crippen molar-refractivity contribution in [2.75, 3.05) is 13.2 Å². The van der Waals surface area contributed by atoms with Gasteiger partial charge in [0.25, 0.3) is 11.8 Å². The highest BCUT2D eigenvalue weighted by molar-refractivity contribution is 5.95. The first kappa shape index (κ1) is 24.0. The number of hydrogen-bond acceptors (Lipinski definition) is 7. The molecule has 2 aromatic carbocycles. The van der Waals surface area contributed by atoms with Crippen molar-refractivity contribution < 1.29 is 31.7 Å². The molecule has 0 atom stereocenters. The van der Waals surface area contributed by atoms with E-state index >= 15 is 0 Å². The quantitative estimate of drug-likeness (QED) is 0.323. The summed E-state index contributed by atoms with van der Waals surface area (Å²) < 4.78 is 52.2. The maximum atomic E-state index is 12.7. The Morgan fingerprint density at radius 3 is 2.51 bits per heavy atom. The first-order valence-corrected chi connectivity index (χ1v) is 10.8. The van der Waals surface area contributed by atoms with Gasteiger partial charge in [0.2, 0.25) is 11.6 Å². The van der Waals surface area contributed by atoms with E-state index in [9.17, 15) is 18.0 Å². The molecule has 182 valence electrons. The number of hydrogen-bond donors (Lipinski definition) is 1. The Hall–Kier alpha value is -4.15. The predicted molar refractivity (Wildman–Crippen MR) is 118 cm³/mol. The van der Waals surface area contributed by atoms with Crippen LogP contribution in [0.1, 0.15) is 33.8 Å². The molecule has 1 amide bonds. The monoisotopic (exact) mass is 486 g/mol. The summed E-state index contributed by atoms with van der Waals surface area (Å²) in [5.74, 6) is -2.12. The molecule has 4 rings (SSSR count). The molecule has 35 heavy (non-hydrogen) atoms. The predicted octanol–water partition coefficient (Wildman–Crippen LogP) is 4.73. The summed E-state index contributed by atoms with van der Waals surface area (Å²) in [5.41, 5.74) is 2.80.